The summed E-state index contributed by atoms with van der Waals surface area (Å²) in [6.45, 7) is 0. The third-order valence-electron chi connectivity index (χ3n) is 11.8. The Bertz CT molecular complexity index is 5060. The van der Waals surface area contributed by atoms with E-state index in [9.17, 15) is 73.3 Å². The number of hydrogen-bond acceptors (Lipinski definition) is 28. The predicted octanol–water partition coefficient (Wildman–Crippen LogP) is 12.1. The third kappa shape index (κ3) is 16.0. The molecule has 0 unspecified atom stereocenters. The van der Waals surface area contributed by atoms with Gasteiger partial charge in [0, 0.05) is 18.2 Å². The maximum absolute atomic E-state index is 13.0. The molecule has 8 aromatic carbocycles. The van der Waals surface area contributed by atoms with E-state index in [2.05, 4.69) is 66.7 Å². The first-order valence-corrected chi connectivity index (χ1v) is 32.6. The van der Waals surface area contributed by atoms with E-state index in [4.69, 9.17) is 21.8 Å². The summed E-state index contributed by atoms with van der Waals surface area (Å²) in [6, 6.07) is 27.9. The zero-order valence-corrected chi connectivity index (χ0v) is 49.4. The maximum atomic E-state index is 13.0. The third-order valence-corrected chi connectivity index (χ3v) is 17.1. The van der Waals surface area contributed by atoms with E-state index < -0.39 is 143 Å². The molecule has 13 N–H and O–H groups in total. The first-order valence-electron chi connectivity index (χ1n) is 24.0. The highest BCUT2D eigenvalue weighted by Gasteiger charge is 2.27. The Morgan fingerprint density at radius 2 is 0.562 bits per heavy atom. The van der Waals surface area contributed by atoms with Gasteiger partial charge in [0.15, 0.2) is 0 Å². The number of nitrogen functional groups attached to an aromatic ring is 3. The van der Waals surface area contributed by atoms with Gasteiger partial charge in [-0.05, 0) is 133 Å². The second-order valence-electron chi connectivity index (χ2n) is 17.8. The van der Waals surface area contributed by atoms with Crippen molar-refractivity contribution >= 4 is 152 Å². The van der Waals surface area contributed by atoms with Crippen LogP contribution in [0.3, 0.4) is 0 Å². The molecule has 0 aromatic heterocycles. The Hall–Kier alpha value is -9.98. The van der Waals surface area contributed by atoms with E-state index in [1.54, 1.807) is 0 Å². The van der Waals surface area contributed by atoms with Crippen molar-refractivity contribution in [3.63, 3.8) is 0 Å². The fraction of sp³-hybridized carbons (Fsp3) is 0.0204. The Morgan fingerprint density at radius 3 is 0.876 bits per heavy atom. The van der Waals surface area contributed by atoms with Crippen molar-refractivity contribution in [3.05, 3.63) is 146 Å². The highest BCUT2D eigenvalue weighted by atomic mass is 32.2. The van der Waals surface area contributed by atoms with Crippen molar-refractivity contribution in [1.29, 1.82) is 0 Å². The summed E-state index contributed by atoms with van der Waals surface area (Å²) in [5, 5.41) is 50.3. The predicted molar refractivity (Wildman–Crippen MR) is 317 cm³/mol. The maximum Gasteiger partial charge on any atom is 0.296 e. The molecule has 34 nitrogen and oxygen atoms in total. The van der Waals surface area contributed by atoms with Gasteiger partial charge in [-0.25, -0.2) is 0 Å². The molecule has 8 aromatic rings. The summed E-state index contributed by atoms with van der Waals surface area (Å²) in [5.74, 6) is 0. The first kappa shape index (κ1) is 65.0. The average Bonchev–Trinajstić information content (AvgIpc) is 0.914. The molecular weight excluding hydrogens is 1290 g/mol. The molecule has 0 saturated carbocycles. The van der Waals surface area contributed by atoms with Crippen LogP contribution in [-0.4, -0.2) is 84.9 Å². The van der Waals surface area contributed by atoms with Gasteiger partial charge in [0.05, 0.1) is 78.0 Å². The van der Waals surface area contributed by atoms with Crippen LogP contribution in [0, 0.1) is 0 Å². The Balaban J connectivity index is 1.07. The van der Waals surface area contributed by atoms with Crippen molar-refractivity contribution in [1.82, 2.24) is 0 Å². The largest absolute Gasteiger partial charge is 0.396 e. The van der Waals surface area contributed by atoms with Crippen molar-refractivity contribution in [2.24, 2.45) is 61.4 Å². The van der Waals surface area contributed by atoms with Gasteiger partial charge in [-0.3, -0.25) is 27.3 Å². The molecule has 89 heavy (non-hydrogen) atoms. The molecule has 0 aliphatic carbocycles. The number of benzene rings is 8. The first-order chi connectivity index (χ1) is 41.6. The lowest BCUT2D eigenvalue weighted by molar-refractivity contribution is 0.480. The molecule has 460 valence electrons. The fourth-order valence-electron chi connectivity index (χ4n) is 7.57. The molecule has 0 radical (unpaired) electrons. The zero-order chi connectivity index (χ0) is 65.0. The van der Waals surface area contributed by atoms with Gasteiger partial charge in [-0.15, -0.1) is 20.5 Å². The summed E-state index contributed by atoms with van der Waals surface area (Å²) in [6.07, 6.45) is 0. The molecular formula is C49H40N16O18S6. The molecule has 0 fully saturated rings. The normalized spacial score (nSPS) is 13.1. The summed E-state index contributed by atoms with van der Waals surface area (Å²) in [7, 11) is -28.5. The Kier molecular flexibility index (Phi) is 18.5. The molecule has 8 rings (SSSR count). The topological polar surface area (TPSA) is 565 Å². The highest BCUT2D eigenvalue weighted by Crippen LogP contribution is 2.47. The van der Waals surface area contributed by atoms with Crippen LogP contribution in [0.25, 0.3) is 11.1 Å². The van der Waals surface area contributed by atoms with Crippen LogP contribution in [0.2, 0.25) is 0 Å². The minimum atomic E-state index is -5.35. The highest BCUT2D eigenvalue weighted by molar-refractivity contribution is 7.87. The standard InChI is InChI=1S/C49H40N16O18S6/c1-53-47-43(89(81,82)83)25-39(45(51)49(47)65-59-29-8-4-27(5-9-29)55-57-31-12-18-35(19-13-31)85(69,70)71)63-61-33-15-21-37(41(23-33)87(75,76)77)36-20-14-32(22-40(36)86(72,73)74)60-62-38-24-42(88(78,79)80)46(52)48(44(38)50)64-58-28-6-2-26(3-7-28)54-56-30-10-16-34(17-11-30)84(66,67)68/h2-25,53H,50-52H2,1H3,(H,66,67,68)(H,69,70,71)(H,72,73,74)(H,75,76,77)(H,78,79,80)(H,81,82,83)/b56-54?,57-55-,62-60-,63-61?,64-58?,65-59+. The molecule has 0 amide bonds. The molecule has 0 bridgehead atoms. The number of hydrogen-bond donors (Lipinski definition) is 10. The Morgan fingerprint density at radius 1 is 0.292 bits per heavy atom. The number of nitrogens with zero attached hydrogens (tertiary/aromatic N) is 12. The van der Waals surface area contributed by atoms with E-state index in [1.165, 1.54) is 79.8 Å². The van der Waals surface area contributed by atoms with Gasteiger partial charge in [-0.2, -0.15) is 91.4 Å². The summed E-state index contributed by atoms with van der Waals surface area (Å²) >= 11 is 0. The van der Waals surface area contributed by atoms with Gasteiger partial charge in [-0.1, -0.05) is 12.1 Å². The second kappa shape index (κ2) is 25.4. The minimum Gasteiger partial charge on any atom is -0.396 e. The summed E-state index contributed by atoms with van der Waals surface area (Å²) in [4.78, 5) is -4.55. The smallest absolute Gasteiger partial charge is 0.296 e. The van der Waals surface area contributed by atoms with E-state index in [0.717, 1.165) is 54.6 Å². The van der Waals surface area contributed by atoms with Crippen LogP contribution in [0.5, 0.6) is 0 Å². The Labute approximate surface area is 503 Å². The van der Waals surface area contributed by atoms with E-state index >= 15 is 0 Å². The lowest BCUT2D eigenvalue weighted by atomic mass is 10.0. The van der Waals surface area contributed by atoms with Crippen LogP contribution >= 0.6 is 0 Å². The average molecular weight is 1330 g/mol. The number of rotatable bonds is 20. The van der Waals surface area contributed by atoms with Gasteiger partial charge >= 0.3 is 0 Å². The summed E-state index contributed by atoms with van der Waals surface area (Å²) in [5.41, 5.74) is 14.2. The van der Waals surface area contributed by atoms with Crippen molar-refractivity contribution in [2.75, 3.05) is 29.6 Å². The van der Waals surface area contributed by atoms with Gasteiger partial charge in [0.2, 0.25) is 0 Å². The molecule has 0 spiro atoms. The van der Waals surface area contributed by atoms with Gasteiger partial charge in [0.1, 0.15) is 42.3 Å². The number of azo groups is 6. The second-order valence-corrected chi connectivity index (χ2v) is 26.2. The van der Waals surface area contributed by atoms with E-state index in [1.807, 2.05) is 0 Å². The van der Waals surface area contributed by atoms with E-state index in [0.29, 0.717) is 23.9 Å². The van der Waals surface area contributed by atoms with Crippen molar-refractivity contribution < 1.29 is 77.8 Å². The van der Waals surface area contributed by atoms with Gasteiger partial charge in [0.25, 0.3) is 60.7 Å². The van der Waals surface area contributed by atoms with Crippen LogP contribution < -0.4 is 22.5 Å². The molecule has 0 saturated heterocycles. The lowest BCUT2D eigenvalue weighted by Crippen LogP contribution is -2.05. The van der Waals surface area contributed by atoms with Crippen molar-refractivity contribution in [3.8, 4) is 11.1 Å². The molecule has 0 aliphatic heterocycles. The number of nitrogens with one attached hydrogen (secondary N) is 1. The molecule has 0 heterocycles. The minimum absolute atomic E-state index is 0.114. The van der Waals surface area contributed by atoms with Crippen LogP contribution in [-0.2, 0) is 60.7 Å². The van der Waals surface area contributed by atoms with E-state index in [-0.39, 0.29) is 43.9 Å². The molecule has 40 heteroatoms. The molecule has 0 atom stereocenters. The molecule has 0 aliphatic rings. The fourth-order valence-corrected chi connectivity index (χ4v) is 11.3. The van der Waals surface area contributed by atoms with Crippen LogP contribution in [0.1, 0.15) is 0 Å². The van der Waals surface area contributed by atoms with Crippen LogP contribution in [0.15, 0.2) is 236 Å². The SMILES string of the molecule is CNc1c(S(=O)(=O)O)cc(N=Nc2ccc(-c3ccc(/N=N\c4cc(S(=O)(=O)O)c(N)c(N=Nc5ccc(N=Nc6ccc(S(=O)(=O)O)cc6)cc5)c4N)cc3S(=O)(=O)O)c(S(=O)(=O)O)c2)c(N)c1/N=N/c1ccc(/N=N\c2ccc(S(=O)(=O)O)cc2)cc1. The van der Waals surface area contributed by atoms with Crippen molar-refractivity contribution in [2.45, 2.75) is 29.4 Å². The lowest BCUT2D eigenvalue weighted by Gasteiger charge is -2.14. The number of nitrogens with two attached hydrogens (primary N) is 3. The number of anilines is 4. The van der Waals surface area contributed by atoms with Crippen LogP contribution in [0.4, 0.5) is 91.0 Å². The monoisotopic (exact) mass is 1330 g/mol. The quantitative estimate of drug-likeness (QED) is 0.0192. The summed E-state index contributed by atoms with van der Waals surface area (Å²) < 4.78 is 207. The zero-order valence-electron chi connectivity index (χ0n) is 44.5. The van der Waals surface area contributed by atoms with Gasteiger partial charge < -0.3 is 22.5 Å².